The van der Waals surface area contributed by atoms with Gasteiger partial charge in [0.25, 0.3) is 0 Å². The molecule has 1 heterocycles. The van der Waals surface area contributed by atoms with Gasteiger partial charge in [0, 0.05) is 18.8 Å². The van der Waals surface area contributed by atoms with E-state index >= 15 is 0 Å². The molecule has 1 N–H and O–H groups in total. The van der Waals surface area contributed by atoms with Gasteiger partial charge in [0.2, 0.25) is 5.91 Å². The molecule has 3 unspecified atom stereocenters. The molecule has 0 radical (unpaired) electrons. The molecule has 1 aromatic rings. The number of carbonyl (C=O) groups excluding carboxylic acids is 1. The lowest BCUT2D eigenvalue weighted by atomic mass is 9.99. The Labute approximate surface area is 132 Å². The van der Waals surface area contributed by atoms with Crippen molar-refractivity contribution >= 4 is 11.6 Å². The van der Waals surface area contributed by atoms with Crippen LogP contribution in [0.15, 0.2) is 30.3 Å². The fourth-order valence-corrected chi connectivity index (χ4v) is 3.86. The fourth-order valence-electron chi connectivity index (χ4n) is 3.86. The first-order chi connectivity index (χ1) is 10.7. The average Bonchev–Trinajstić information content (AvgIpc) is 2.93. The highest BCUT2D eigenvalue weighted by atomic mass is 16.3. The van der Waals surface area contributed by atoms with Gasteiger partial charge in [-0.05, 0) is 50.8 Å². The molecular formula is C18H26N2O2. The second-order valence-corrected chi connectivity index (χ2v) is 6.68. The predicted octanol–water partition coefficient (Wildman–Crippen LogP) is 2.27. The Morgan fingerprint density at radius 3 is 2.64 bits per heavy atom. The van der Waals surface area contributed by atoms with Gasteiger partial charge in [-0.3, -0.25) is 9.69 Å². The zero-order valence-corrected chi connectivity index (χ0v) is 13.3. The maximum absolute atomic E-state index is 12.8. The Morgan fingerprint density at radius 2 is 1.95 bits per heavy atom. The molecule has 4 nitrogen and oxygen atoms in total. The van der Waals surface area contributed by atoms with Crippen molar-refractivity contribution in [1.29, 1.82) is 0 Å². The van der Waals surface area contributed by atoms with Crippen LogP contribution in [0.4, 0.5) is 5.69 Å². The van der Waals surface area contributed by atoms with Crippen molar-refractivity contribution < 1.29 is 9.90 Å². The highest BCUT2D eigenvalue weighted by molar-refractivity contribution is 5.97. The van der Waals surface area contributed by atoms with Gasteiger partial charge in [-0.15, -0.1) is 0 Å². The number of rotatable bonds is 4. The van der Waals surface area contributed by atoms with Crippen molar-refractivity contribution in [2.75, 3.05) is 25.0 Å². The largest absolute Gasteiger partial charge is 0.393 e. The molecule has 3 atom stereocenters. The topological polar surface area (TPSA) is 43.8 Å². The van der Waals surface area contributed by atoms with E-state index in [0.717, 1.165) is 50.9 Å². The summed E-state index contributed by atoms with van der Waals surface area (Å²) in [6.07, 6.45) is 4.85. The highest BCUT2D eigenvalue weighted by Gasteiger charge is 2.35. The van der Waals surface area contributed by atoms with E-state index in [9.17, 15) is 9.90 Å². The van der Waals surface area contributed by atoms with Crippen LogP contribution in [0, 0.1) is 5.92 Å². The zero-order valence-electron chi connectivity index (χ0n) is 13.3. The number of benzene rings is 1. The lowest BCUT2D eigenvalue weighted by Gasteiger charge is -2.38. The third kappa shape index (κ3) is 3.18. The van der Waals surface area contributed by atoms with Crippen molar-refractivity contribution in [2.45, 2.75) is 44.2 Å². The van der Waals surface area contributed by atoms with E-state index in [1.54, 1.807) is 0 Å². The number of likely N-dealkylation sites (N-methyl/N-ethyl adjacent to an activating group) is 1. The van der Waals surface area contributed by atoms with Gasteiger partial charge >= 0.3 is 0 Å². The van der Waals surface area contributed by atoms with Crippen molar-refractivity contribution in [3.8, 4) is 0 Å². The van der Waals surface area contributed by atoms with E-state index in [-0.39, 0.29) is 18.1 Å². The molecule has 1 aliphatic heterocycles. The van der Waals surface area contributed by atoms with Gasteiger partial charge in [-0.25, -0.2) is 0 Å². The second-order valence-electron chi connectivity index (χ2n) is 6.68. The summed E-state index contributed by atoms with van der Waals surface area (Å²) in [5, 5.41) is 10.0. The molecule has 0 aromatic heterocycles. The molecular weight excluding hydrogens is 276 g/mol. The number of para-hydroxylation sites is 1. The molecule has 3 rings (SSSR count). The predicted molar refractivity (Wildman–Crippen MR) is 87.8 cm³/mol. The van der Waals surface area contributed by atoms with Crippen LogP contribution in [0.5, 0.6) is 0 Å². The number of anilines is 1. The molecule has 2 aliphatic rings. The summed E-state index contributed by atoms with van der Waals surface area (Å²) in [7, 11) is 2.03. The summed E-state index contributed by atoms with van der Waals surface area (Å²) < 4.78 is 0. The first-order valence-corrected chi connectivity index (χ1v) is 8.41. The molecule has 0 bridgehead atoms. The number of carbonyl (C=O) groups is 1. The van der Waals surface area contributed by atoms with Gasteiger partial charge < -0.3 is 10.0 Å². The van der Waals surface area contributed by atoms with Gasteiger partial charge in [0.05, 0.1) is 12.1 Å². The first-order valence-electron chi connectivity index (χ1n) is 8.41. The molecule has 1 saturated heterocycles. The van der Waals surface area contributed by atoms with Crippen molar-refractivity contribution in [3.05, 3.63) is 30.3 Å². The lowest BCUT2D eigenvalue weighted by molar-refractivity contribution is -0.125. The minimum Gasteiger partial charge on any atom is -0.393 e. The van der Waals surface area contributed by atoms with E-state index in [4.69, 9.17) is 0 Å². The number of nitrogens with zero attached hydrogens (tertiary/aromatic N) is 2. The SMILES string of the molecule is CN(CC1CCCC1O)C1CCCN(c2ccccc2)C1=O. The maximum Gasteiger partial charge on any atom is 0.244 e. The number of hydrogen-bond acceptors (Lipinski definition) is 3. The monoisotopic (exact) mass is 302 g/mol. The Hall–Kier alpha value is -1.39. The Balaban J connectivity index is 1.67. The van der Waals surface area contributed by atoms with Gasteiger partial charge in [-0.2, -0.15) is 0 Å². The number of hydrogen-bond donors (Lipinski definition) is 1. The van der Waals surface area contributed by atoms with Crippen LogP contribution in [0.2, 0.25) is 0 Å². The van der Waals surface area contributed by atoms with E-state index in [0.29, 0.717) is 5.92 Å². The van der Waals surface area contributed by atoms with Crippen LogP contribution in [0.3, 0.4) is 0 Å². The molecule has 1 aromatic carbocycles. The summed E-state index contributed by atoms with van der Waals surface area (Å²) in [5.41, 5.74) is 0.992. The Bertz CT molecular complexity index is 505. The van der Waals surface area contributed by atoms with Crippen molar-refractivity contribution in [3.63, 3.8) is 0 Å². The number of piperidine rings is 1. The summed E-state index contributed by atoms with van der Waals surface area (Å²) in [4.78, 5) is 16.9. The third-order valence-corrected chi connectivity index (χ3v) is 5.15. The second kappa shape index (κ2) is 6.80. The maximum atomic E-state index is 12.8. The van der Waals surface area contributed by atoms with Crippen LogP contribution < -0.4 is 4.90 Å². The fraction of sp³-hybridized carbons (Fsp3) is 0.611. The van der Waals surface area contributed by atoms with Crippen LogP contribution in [0.1, 0.15) is 32.1 Å². The molecule has 2 fully saturated rings. The van der Waals surface area contributed by atoms with Crippen molar-refractivity contribution in [2.24, 2.45) is 5.92 Å². The molecule has 1 aliphatic carbocycles. The zero-order chi connectivity index (χ0) is 15.5. The first kappa shape index (κ1) is 15.5. The van der Waals surface area contributed by atoms with E-state index < -0.39 is 0 Å². The Kier molecular flexibility index (Phi) is 4.79. The lowest BCUT2D eigenvalue weighted by Crippen LogP contribution is -2.52. The van der Waals surface area contributed by atoms with Gasteiger partial charge in [-0.1, -0.05) is 24.6 Å². The molecule has 22 heavy (non-hydrogen) atoms. The summed E-state index contributed by atoms with van der Waals surface area (Å²) in [6, 6.07) is 9.88. The molecule has 120 valence electrons. The minimum absolute atomic E-state index is 0.0539. The van der Waals surface area contributed by atoms with Gasteiger partial charge in [0.1, 0.15) is 0 Å². The summed E-state index contributed by atoms with van der Waals surface area (Å²) in [6.45, 7) is 1.62. The normalized spacial score (nSPS) is 29.3. The van der Waals surface area contributed by atoms with Crippen LogP contribution in [-0.2, 0) is 4.79 Å². The molecule has 0 spiro atoms. The average molecular weight is 302 g/mol. The van der Waals surface area contributed by atoms with E-state index in [1.807, 2.05) is 42.3 Å². The summed E-state index contributed by atoms with van der Waals surface area (Å²) >= 11 is 0. The van der Waals surface area contributed by atoms with E-state index in [2.05, 4.69) is 4.90 Å². The third-order valence-electron chi connectivity index (χ3n) is 5.15. The number of aliphatic hydroxyl groups excluding tert-OH is 1. The smallest absolute Gasteiger partial charge is 0.244 e. The number of amides is 1. The van der Waals surface area contributed by atoms with Crippen molar-refractivity contribution in [1.82, 2.24) is 4.90 Å². The number of aliphatic hydroxyl groups is 1. The van der Waals surface area contributed by atoms with Crippen LogP contribution >= 0.6 is 0 Å². The highest BCUT2D eigenvalue weighted by Crippen LogP contribution is 2.28. The minimum atomic E-state index is -0.189. The molecule has 4 heteroatoms. The van der Waals surface area contributed by atoms with Crippen LogP contribution in [0.25, 0.3) is 0 Å². The van der Waals surface area contributed by atoms with Crippen LogP contribution in [-0.4, -0.2) is 48.2 Å². The Morgan fingerprint density at radius 1 is 1.18 bits per heavy atom. The van der Waals surface area contributed by atoms with E-state index in [1.165, 1.54) is 0 Å². The molecule has 1 amide bonds. The summed E-state index contributed by atoms with van der Waals surface area (Å²) in [5.74, 6) is 0.525. The quantitative estimate of drug-likeness (QED) is 0.928. The standard InChI is InChI=1S/C18H26N2O2/c1-19(13-14-7-5-11-17(14)21)16-10-6-12-20(18(16)22)15-8-3-2-4-9-15/h2-4,8-9,14,16-17,21H,5-7,10-13H2,1H3. The van der Waals surface area contributed by atoms with Gasteiger partial charge in [0.15, 0.2) is 0 Å². The molecule has 1 saturated carbocycles.